The van der Waals surface area contributed by atoms with Gasteiger partial charge in [-0.2, -0.15) is 0 Å². The molecule has 8 nitrogen and oxygen atoms in total. The highest BCUT2D eigenvalue weighted by Gasteiger charge is 2.25. The molecule has 40 heavy (non-hydrogen) atoms. The van der Waals surface area contributed by atoms with Crippen LogP contribution in [0.15, 0.2) is 121 Å². The van der Waals surface area contributed by atoms with Gasteiger partial charge in [0.25, 0.3) is 0 Å². The van der Waals surface area contributed by atoms with Gasteiger partial charge in [0.15, 0.2) is 0 Å². The zero-order valence-electron chi connectivity index (χ0n) is 21.9. The fourth-order valence-corrected chi connectivity index (χ4v) is 3.87. The first-order valence-corrected chi connectivity index (χ1v) is 13.0. The third kappa shape index (κ3) is 8.73. The summed E-state index contributed by atoms with van der Waals surface area (Å²) >= 11 is 0. The van der Waals surface area contributed by atoms with Crippen LogP contribution in [0.25, 0.3) is 0 Å². The number of carbonyl (C=O) groups excluding carboxylic acids is 3. The number of rotatable bonds is 12. The molecule has 2 N–H and O–H groups in total. The van der Waals surface area contributed by atoms with Crippen molar-refractivity contribution in [2.75, 3.05) is 5.01 Å². The van der Waals surface area contributed by atoms with Gasteiger partial charge in [-0.25, -0.2) is 9.59 Å². The molecule has 0 aliphatic carbocycles. The lowest BCUT2D eigenvalue weighted by atomic mass is 10.1. The van der Waals surface area contributed by atoms with Crippen LogP contribution in [0.4, 0.5) is 16.2 Å². The minimum Gasteiger partial charge on any atom is -0.459 e. The lowest BCUT2D eigenvalue weighted by Gasteiger charge is -2.26. The quantitative estimate of drug-likeness (QED) is 0.178. The van der Waals surface area contributed by atoms with Crippen molar-refractivity contribution in [3.8, 4) is 0 Å². The number of anilines is 2. The van der Waals surface area contributed by atoms with Gasteiger partial charge in [0.1, 0.15) is 19.3 Å². The van der Waals surface area contributed by atoms with E-state index in [1.165, 1.54) is 0 Å². The first-order chi connectivity index (χ1) is 19.6. The van der Waals surface area contributed by atoms with Crippen molar-refractivity contribution in [2.45, 2.75) is 32.1 Å². The second kappa shape index (κ2) is 14.7. The molecule has 0 aromatic heterocycles. The Hall–Kier alpha value is -5.11. The first-order valence-electron chi connectivity index (χ1n) is 13.0. The van der Waals surface area contributed by atoms with Crippen molar-refractivity contribution >= 4 is 29.3 Å². The molecule has 0 bridgehead atoms. The summed E-state index contributed by atoms with van der Waals surface area (Å²) in [4.78, 5) is 38.6. The normalized spacial score (nSPS) is 11.1. The Morgan fingerprint density at radius 3 is 1.57 bits per heavy atom. The predicted molar refractivity (Wildman–Crippen MR) is 152 cm³/mol. The first kappa shape index (κ1) is 27.9. The van der Waals surface area contributed by atoms with E-state index in [0.717, 1.165) is 22.5 Å². The van der Waals surface area contributed by atoms with Crippen LogP contribution in [0.2, 0.25) is 0 Å². The van der Waals surface area contributed by atoms with Crippen LogP contribution in [0, 0.1) is 0 Å². The number of benzene rings is 4. The number of ether oxygens (including phenoxy) is 2. The van der Waals surface area contributed by atoms with E-state index in [2.05, 4.69) is 10.7 Å². The van der Waals surface area contributed by atoms with E-state index in [1.807, 2.05) is 121 Å². The van der Waals surface area contributed by atoms with Gasteiger partial charge in [-0.3, -0.25) is 15.2 Å². The van der Waals surface area contributed by atoms with Gasteiger partial charge in [-0.15, -0.1) is 0 Å². The topological polar surface area (TPSA) is 97.0 Å². The zero-order chi connectivity index (χ0) is 28.0. The van der Waals surface area contributed by atoms with Crippen molar-refractivity contribution < 1.29 is 23.9 Å². The van der Waals surface area contributed by atoms with Crippen LogP contribution >= 0.6 is 0 Å². The molecule has 0 saturated carbocycles. The van der Waals surface area contributed by atoms with Crippen LogP contribution in [-0.2, 0) is 32.3 Å². The monoisotopic (exact) mass is 537 g/mol. The van der Waals surface area contributed by atoms with E-state index in [9.17, 15) is 14.4 Å². The number of carbonyl (C=O) groups is 3. The highest BCUT2D eigenvalue weighted by atomic mass is 16.6. The summed E-state index contributed by atoms with van der Waals surface area (Å²) in [6.07, 6.45) is -0.821. The number of nitrogens with one attached hydrogen (secondary N) is 2. The number of hydrogen-bond donors (Lipinski definition) is 2. The van der Waals surface area contributed by atoms with Crippen molar-refractivity contribution in [1.82, 2.24) is 10.7 Å². The maximum atomic E-state index is 13.1. The fraction of sp³-hybridized carbons (Fsp3) is 0.156. The van der Waals surface area contributed by atoms with E-state index in [1.54, 1.807) is 5.01 Å². The number of hydrogen-bond acceptors (Lipinski definition) is 6. The van der Waals surface area contributed by atoms with Gasteiger partial charge in [0, 0.05) is 6.42 Å². The van der Waals surface area contributed by atoms with Crippen LogP contribution in [0.1, 0.15) is 24.0 Å². The Morgan fingerprint density at radius 2 is 1.07 bits per heavy atom. The molecule has 8 heteroatoms. The number of alkyl carbamates (subject to hydrolysis) is 1. The molecule has 0 aliphatic rings. The Morgan fingerprint density at radius 1 is 0.625 bits per heavy atom. The molecular formula is C32H31N3O5. The molecule has 2 amide bonds. The second-order valence-corrected chi connectivity index (χ2v) is 8.93. The molecule has 4 aromatic rings. The van der Waals surface area contributed by atoms with Crippen LogP contribution in [-0.4, -0.2) is 24.0 Å². The largest absolute Gasteiger partial charge is 0.459 e. The number of para-hydroxylation sites is 2. The average Bonchev–Trinajstić information content (AvgIpc) is 3.01. The fourth-order valence-electron chi connectivity index (χ4n) is 3.87. The van der Waals surface area contributed by atoms with E-state index in [4.69, 9.17) is 9.47 Å². The second-order valence-electron chi connectivity index (χ2n) is 8.93. The number of hydrazine groups is 1. The summed E-state index contributed by atoms with van der Waals surface area (Å²) in [7, 11) is 0. The third-order valence-electron chi connectivity index (χ3n) is 5.94. The maximum absolute atomic E-state index is 13.1. The van der Waals surface area contributed by atoms with Gasteiger partial charge < -0.3 is 14.8 Å². The van der Waals surface area contributed by atoms with E-state index in [-0.39, 0.29) is 32.0 Å². The standard InChI is InChI=1S/C32H31N3O5/c36-30(34-35(27-17-9-3-10-18-27)28-19-11-4-12-20-28)22-21-29(31(37)39-23-25-13-5-1-6-14-25)33-32(38)40-24-26-15-7-2-8-16-26/h1-20,29H,21-24H2,(H,33,38)(H,34,36)/t29-/m0/s1. The lowest BCUT2D eigenvalue weighted by Crippen LogP contribution is -2.44. The lowest BCUT2D eigenvalue weighted by molar-refractivity contribution is -0.147. The highest BCUT2D eigenvalue weighted by Crippen LogP contribution is 2.22. The summed E-state index contributed by atoms with van der Waals surface area (Å²) < 4.78 is 10.7. The molecule has 204 valence electrons. The molecule has 1 atom stereocenters. The SMILES string of the molecule is O=C(CC[C@H](NC(=O)OCc1ccccc1)C(=O)OCc1ccccc1)NN(c1ccccc1)c1ccccc1. The van der Waals surface area contributed by atoms with E-state index < -0.39 is 18.1 Å². The summed E-state index contributed by atoms with van der Waals surface area (Å²) in [6, 6.07) is 36.1. The van der Waals surface area contributed by atoms with Gasteiger partial charge in [-0.05, 0) is 41.8 Å². The van der Waals surface area contributed by atoms with Crippen molar-refractivity contribution in [2.24, 2.45) is 0 Å². The Balaban J connectivity index is 1.39. The molecule has 0 radical (unpaired) electrons. The van der Waals surface area contributed by atoms with Crippen molar-refractivity contribution in [3.63, 3.8) is 0 Å². The summed E-state index contributed by atoms with van der Waals surface area (Å²) in [5, 5.41) is 4.24. The third-order valence-corrected chi connectivity index (χ3v) is 5.94. The smallest absolute Gasteiger partial charge is 0.408 e. The molecule has 0 spiro atoms. The van der Waals surface area contributed by atoms with Crippen LogP contribution in [0.3, 0.4) is 0 Å². The van der Waals surface area contributed by atoms with Gasteiger partial charge >= 0.3 is 12.1 Å². The van der Waals surface area contributed by atoms with Gasteiger partial charge in [-0.1, -0.05) is 97.1 Å². The highest BCUT2D eigenvalue weighted by molar-refractivity contribution is 5.84. The Bertz CT molecular complexity index is 1310. The summed E-state index contributed by atoms with van der Waals surface area (Å²) in [5.41, 5.74) is 6.05. The molecule has 4 aromatic carbocycles. The molecule has 0 unspecified atom stereocenters. The molecule has 0 fully saturated rings. The maximum Gasteiger partial charge on any atom is 0.408 e. The van der Waals surface area contributed by atoms with Gasteiger partial charge in [0.05, 0.1) is 11.4 Å². The summed E-state index contributed by atoms with van der Waals surface area (Å²) in [6.45, 7) is 0.0843. The molecular weight excluding hydrogens is 506 g/mol. The minimum absolute atomic E-state index is 0.0112. The van der Waals surface area contributed by atoms with Crippen LogP contribution < -0.4 is 15.8 Å². The predicted octanol–water partition coefficient (Wildman–Crippen LogP) is 5.67. The number of esters is 1. The van der Waals surface area contributed by atoms with Crippen LogP contribution in [0.5, 0.6) is 0 Å². The van der Waals surface area contributed by atoms with Crippen molar-refractivity contribution in [3.05, 3.63) is 132 Å². The molecule has 0 saturated heterocycles. The van der Waals surface area contributed by atoms with E-state index >= 15 is 0 Å². The summed E-state index contributed by atoms with van der Waals surface area (Å²) in [5.74, 6) is -0.996. The number of nitrogens with zero attached hydrogens (tertiary/aromatic N) is 1. The van der Waals surface area contributed by atoms with Crippen molar-refractivity contribution in [1.29, 1.82) is 0 Å². The Labute approximate surface area is 233 Å². The minimum atomic E-state index is -1.08. The molecule has 0 heterocycles. The van der Waals surface area contributed by atoms with Gasteiger partial charge in [0.2, 0.25) is 5.91 Å². The Kier molecular flexibility index (Phi) is 10.3. The average molecular weight is 538 g/mol. The van der Waals surface area contributed by atoms with E-state index in [0.29, 0.717) is 0 Å². The number of amides is 2. The zero-order valence-corrected chi connectivity index (χ0v) is 21.9. The molecule has 0 aliphatic heterocycles. The molecule has 4 rings (SSSR count).